The Hall–Kier alpha value is -3.33. The summed E-state index contributed by atoms with van der Waals surface area (Å²) in [4.78, 5) is 12.7. The Kier molecular flexibility index (Phi) is 10.3. The molecule has 0 aromatic heterocycles. The molecule has 15 heteroatoms. The van der Waals surface area contributed by atoms with Crippen molar-refractivity contribution in [2.24, 2.45) is 0 Å². The van der Waals surface area contributed by atoms with Crippen molar-refractivity contribution >= 4 is 43.2 Å². The molecule has 1 aliphatic heterocycles. The number of benzene rings is 3. The van der Waals surface area contributed by atoms with Crippen LogP contribution in [0.25, 0.3) is 0 Å². The third-order valence-corrected chi connectivity index (χ3v) is 10.7. The molecule has 1 N–H and O–H groups in total. The largest absolute Gasteiger partial charge is 0.492 e. The Morgan fingerprint density at radius 1 is 0.907 bits per heavy atom. The van der Waals surface area contributed by atoms with Gasteiger partial charge in [-0.15, -0.1) is 0 Å². The molecule has 0 bridgehead atoms. The fourth-order valence-electron chi connectivity index (χ4n) is 4.43. The molecule has 43 heavy (non-hydrogen) atoms. The molecule has 1 amide bonds. The van der Waals surface area contributed by atoms with Gasteiger partial charge in [0.1, 0.15) is 18.9 Å². The Morgan fingerprint density at radius 2 is 1.56 bits per heavy atom. The van der Waals surface area contributed by atoms with Crippen LogP contribution in [0.1, 0.15) is 24.8 Å². The number of carbonyl (C=O) groups excluding carboxylic acids is 1. The molecule has 9 nitrogen and oxygen atoms in total. The molecule has 0 aliphatic carbocycles. The van der Waals surface area contributed by atoms with E-state index in [1.165, 1.54) is 52.8 Å². The summed E-state index contributed by atoms with van der Waals surface area (Å²) in [6.07, 6.45) is -2.23. The third-order valence-electron chi connectivity index (χ3n) is 6.63. The molecule has 0 saturated carbocycles. The van der Waals surface area contributed by atoms with Crippen LogP contribution in [0.3, 0.4) is 0 Å². The summed E-state index contributed by atoms with van der Waals surface area (Å²) in [7, 11) is -8.04. The van der Waals surface area contributed by atoms with E-state index in [2.05, 4.69) is 5.32 Å². The van der Waals surface area contributed by atoms with Crippen molar-refractivity contribution in [2.45, 2.75) is 35.2 Å². The van der Waals surface area contributed by atoms with Gasteiger partial charge >= 0.3 is 6.18 Å². The molecule has 1 saturated heterocycles. The molecule has 3 aromatic carbocycles. The average molecular weight is 660 g/mol. The molecule has 4 rings (SSSR count). The molecular formula is C28H29ClF3N3O6S2. The van der Waals surface area contributed by atoms with E-state index in [0.717, 1.165) is 31.4 Å². The monoisotopic (exact) mass is 659 g/mol. The Labute approximate surface area is 253 Å². The Balaban J connectivity index is 1.41. The summed E-state index contributed by atoms with van der Waals surface area (Å²) < 4.78 is 100. The van der Waals surface area contributed by atoms with Gasteiger partial charge in [-0.2, -0.15) is 17.5 Å². The number of rotatable bonds is 11. The first kappa shape index (κ1) is 32.6. The van der Waals surface area contributed by atoms with E-state index in [1.54, 1.807) is 6.07 Å². The molecule has 3 aromatic rings. The highest BCUT2D eigenvalue weighted by Crippen LogP contribution is 2.38. The van der Waals surface area contributed by atoms with Gasteiger partial charge in [0.25, 0.3) is 10.0 Å². The number of anilines is 1. The number of amides is 1. The molecule has 0 spiro atoms. The van der Waals surface area contributed by atoms with Crippen LogP contribution in [0, 0.1) is 0 Å². The minimum atomic E-state index is -4.86. The number of hydrogen-bond acceptors (Lipinski definition) is 6. The average Bonchev–Trinajstić information content (AvgIpc) is 2.99. The number of piperidine rings is 1. The fraction of sp³-hybridized carbons (Fsp3) is 0.321. The molecule has 1 fully saturated rings. The second kappa shape index (κ2) is 13.5. The summed E-state index contributed by atoms with van der Waals surface area (Å²) >= 11 is 5.71. The zero-order chi connectivity index (χ0) is 31.3. The van der Waals surface area contributed by atoms with Crippen LogP contribution in [0.2, 0.25) is 5.02 Å². The zero-order valence-electron chi connectivity index (χ0n) is 22.8. The summed E-state index contributed by atoms with van der Waals surface area (Å²) in [5, 5.41) is 1.87. The van der Waals surface area contributed by atoms with E-state index in [1.807, 2.05) is 0 Å². The molecule has 0 radical (unpaired) electrons. The van der Waals surface area contributed by atoms with Crippen molar-refractivity contribution in [3.8, 4) is 5.75 Å². The topological polar surface area (TPSA) is 113 Å². The first-order chi connectivity index (χ1) is 20.3. The van der Waals surface area contributed by atoms with Gasteiger partial charge in [-0.1, -0.05) is 36.2 Å². The number of hydrogen-bond donors (Lipinski definition) is 1. The minimum absolute atomic E-state index is 0.0471. The number of nitrogens with one attached hydrogen (secondary N) is 1. The number of nitrogens with zero attached hydrogens (tertiary/aromatic N) is 2. The lowest BCUT2D eigenvalue weighted by Gasteiger charge is -2.25. The van der Waals surface area contributed by atoms with E-state index in [0.29, 0.717) is 29.2 Å². The quantitative estimate of drug-likeness (QED) is 0.293. The maximum atomic E-state index is 13.5. The molecule has 232 valence electrons. The predicted octanol–water partition coefficient (Wildman–Crippen LogP) is 4.92. The van der Waals surface area contributed by atoms with Crippen LogP contribution in [0.5, 0.6) is 5.75 Å². The maximum absolute atomic E-state index is 13.5. The third kappa shape index (κ3) is 7.99. The number of sulfonamides is 2. The van der Waals surface area contributed by atoms with Crippen molar-refractivity contribution in [3.05, 3.63) is 83.4 Å². The number of carbonyl (C=O) groups is 1. The van der Waals surface area contributed by atoms with E-state index in [4.69, 9.17) is 16.3 Å². The highest BCUT2D eigenvalue weighted by molar-refractivity contribution is 7.92. The smallest absolute Gasteiger partial charge is 0.417 e. The van der Waals surface area contributed by atoms with Gasteiger partial charge in [0.2, 0.25) is 15.9 Å². The summed E-state index contributed by atoms with van der Waals surface area (Å²) in [6, 6.07) is 15.4. The Morgan fingerprint density at radius 3 is 2.19 bits per heavy atom. The fourth-order valence-corrected chi connectivity index (χ4v) is 7.60. The van der Waals surface area contributed by atoms with E-state index < -0.39 is 54.9 Å². The maximum Gasteiger partial charge on any atom is 0.417 e. The van der Waals surface area contributed by atoms with Gasteiger partial charge < -0.3 is 10.1 Å². The zero-order valence-corrected chi connectivity index (χ0v) is 25.1. The van der Waals surface area contributed by atoms with Crippen molar-refractivity contribution < 1.29 is 39.5 Å². The number of alkyl halides is 3. The molecule has 1 aliphatic rings. The standard InChI is InChI=1S/C28H29ClF3N3O6S2/c29-26-14-9-21(19-25(26)28(30,31)32)35(43(39,40)23-7-3-1-4-8-23)20-27(36)33-15-18-41-22-10-12-24(13-11-22)42(37,38)34-16-5-2-6-17-34/h1,3-4,7-14,19H,2,5-6,15-18,20H2,(H,33,36). The highest BCUT2D eigenvalue weighted by atomic mass is 35.5. The SMILES string of the molecule is O=C(CN(c1ccc(Cl)c(C(F)(F)F)c1)S(=O)(=O)c1ccccc1)NCCOc1ccc(S(=O)(=O)N2CCCCC2)cc1. The van der Waals surface area contributed by atoms with Gasteiger partial charge in [-0.25, -0.2) is 16.8 Å². The van der Waals surface area contributed by atoms with Crippen LogP contribution < -0.4 is 14.4 Å². The first-order valence-corrected chi connectivity index (χ1v) is 16.5. The van der Waals surface area contributed by atoms with Crippen LogP contribution in [-0.2, 0) is 31.0 Å². The van der Waals surface area contributed by atoms with Crippen molar-refractivity contribution in [2.75, 3.05) is 37.1 Å². The highest BCUT2D eigenvalue weighted by Gasteiger charge is 2.35. The van der Waals surface area contributed by atoms with Gasteiger partial charge in [-0.05, 0) is 67.4 Å². The normalized spacial score (nSPS) is 14.7. The van der Waals surface area contributed by atoms with E-state index in [9.17, 15) is 34.8 Å². The number of halogens is 4. The summed E-state index contributed by atoms with van der Waals surface area (Å²) in [6.45, 7) is 0.0197. The molecule has 1 heterocycles. The van der Waals surface area contributed by atoms with Crippen molar-refractivity contribution in [1.29, 1.82) is 0 Å². The Bertz CT molecular complexity index is 1630. The van der Waals surface area contributed by atoms with Crippen molar-refractivity contribution in [1.82, 2.24) is 9.62 Å². The van der Waals surface area contributed by atoms with Crippen LogP contribution >= 0.6 is 11.6 Å². The second-order valence-electron chi connectivity index (χ2n) is 9.62. The molecule has 0 unspecified atom stereocenters. The van der Waals surface area contributed by atoms with Gasteiger partial charge in [-0.3, -0.25) is 9.10 Å². The first-order valence-electron chi connectivity index (χ1n) is 13.2. The van der Waals surface area contributed by atoms with Crippen LogP contribution in [0.15, 0.2) is 82.6 Å². The molecular weight excluding hydrogens is 631 g/mol. The van der Waals surface area contributed by atoms with E-state index in [-0.39, 0.29) is 22.9 Å². The van der Waals surface area contributed by atoms with Gasteiger partial charge in [0, 0.05) is 13.1 Å². The lowest BCUT2D eigenvalue weighted by Crippen LogP contribution is -2.42. The van der Waals surface area contributed by atoms with E-state index >= 15 is 0 Å². The van der Waals surface area contributed by atoms with Crippen LogP contribution in [-0.4, -0.2) is 59.8 Å². The minimum Gasteiger partial charge on any atom is -0.492 e. The van der Waals surface area contributed by atoms with Gasteiger partial charge in [0.05, 0.1) is 32.6 Å². The predicted molar refractivity (Wildman–Crippen MR) is 155 cm³/mol. The second-order valence-corrected chi connectivity index (χ2v) is 13.8. The van der Waals surface area contributed by atoms with Crippen molar-refractivity contribution in [3.63, 3.8) is 0 Å². The van der Waals surface area contributed by atoms with Crippen LogP contribution in [0.4, 0.5) is 18.9 Å². The summed E-state index contributed by atoms with van der Waals surface area (Å²) in [5.41, 5.74) is -1.64. The lowest BCUT2D eigenvalue weighted by molar-refractivity contribution is -0.137. The number of ether oxygens (including phenoxy) is 1. The van der Waals surface area contributed by atoms with Gasteiger partial charge in [0.15, 0.2) is 0 Å². The lowest BCUT2D eigenvalue weighted by atomic mass is 10.2. The summed E-state index contributed by atoms with van der Waals surface area (Å²) in [5.74, 6) is -0.449. The molecule has 0 atom stereocenters.